The lowest BCUT2D eigenvalue weighted by atomic mass is 10.0. The second-order valence-corrected chi connectivity index (χ2v) is 4.11. The molecule has 0 aliphatic carbocycles. The van der Waals surface area contributed by atoms with Crippen LogP contribution in [0.2, 0.25) is 0 Å². The van der Waals surface area contributed by atoms with Crippen molar-refractivity contribution >= 4 is 11.6 Å². The van der Waals surface area contributed by atoms with E-state index in [4.69, 9.17) is 0 Å². The molecule has 1 aliphatic heterocycles. The van der Waals surface area contributed by atoms with E-state index in [1.807, 2.05) is 13.8 Å². The first-order chi connectivity index (χ1) is 7.11. The summed E-state index contributed by atoms with van der Waals surface area (Å²) in [5.74, 6) is 0.0588. The van der Waals surface area contributed by atoms with E-state index in [9.17, 15) is 4.79 Å². The van der Waals surface area contributed by atoms with Crippen molar-refractivity contribution < 1.29 is 4.79 Å². The van der Waals surface area contributed by atoms with E-state index in [2.05, 4.69) is 15.3 Å². The molecule has 0 aromatic carbocycles. The van der Waals surface area contributed by atoms with Crippen molar-refractivity contribution in [2.24, 2.45) is 0 Å². The second kappa shape index (κ2) is 3.58. The molecule has 0 atom stereocenters. The Morgan fingerprint density at radius 3 is 2.73 bits per heavy atom. The van der Waals surface area contributed by atoms with Crippen LogP contribution in [0.25, 0.3) is 0 Å². The number of carbonyl (C=O) groups excluding carboxylic acids is 1. The van der Waals surface area contributed by atoms with Crippen LogP contribution in [0, 0.1) is 0 Å². The Bertz CT molecular complexity index is 363. The summed E-state index contributed by atoms with van der Waals surface area (Å²) in [7, 11) is 0. The topological polar surface area (TPSA) is 58.1 Å². The highest BCUT2D eigenvalue weighted by Crippen LogP contribution is 2.18. The van der Waals surface area contributed by atoms with Gasteiger partial charge in [0.05, 0.1) is 23.6 Å². The van der Waals surface area contributed by atoms with Gasteiger partial charge in [-0.15, -0.1) is 0 Å². The van der Waals surface area contributed by atoms with Gasteiger partial charge in [-0.1, -0.05) is 0 Å². The summed E-state index contributed by atoms with van der Waals surface area (Å²) in [6, 6.07) is 0. The predicted molar refractivity (Wildman–Crippen MR) is 56.5 cm³/mol. The zero-order valence-corrected chi connectivity index (χ0v) is 8.90. The molecule has 1 saturated heterocycles. The third-order valence-electron chi connectivity index (χ3n) is 2.54. The molecule has 0 spiro atoms. The van der Waals surface area contributed by atoms with E-state index in [-0.39, 0.29) is 5.91 Å². The molecule has 0 saturated carbocycles. The van der Waals surface area contributed by atoms with Gasteiger partial charge in [0.1, 0.15) is 6.33 Å². The minimum atomic E-state index is -0.506. The summed E-state index contributed by atoms with van der Waals surface area (Å²) in [6.07, 6.45) is 4.78. The molecule has 1 aliphatic rings. The molecule has 80 valence electrons. The number of carbonyl (C=O) groups is 1. The molecule has 1 fully saturated rings. The number of anilines is 1. The SMILES string of the molecule is CC1(C)NCCN(c2cncnc2)C1=O. The van der Waals surface area contributed by atoms with Gasteiger partial charge in [-0.3, -0.25) is 4.79 Å². The van der Waals surface area contributed by atoms with Gasteiger partial charge in [-0.25, -0.2) is 9.97 Å². The van der Waals surface area contributed by atoms with Gasteiger partial charge >= 0.3 is 0 Å². The monoisotopic (exact) mass is 206 g/mol. The summed E-state index contributed by atoms with van der Waals surface area (Å²) in [5.41, 5.74) is 0.255. The van der Waals surface area contributed by atoms with Crippen LogP contribution in [0.3, 0.4) is 0 Å². The number of nitrogens with zero attached hydrogens (tertiary/aromatic N) is 3. The maximum absolute atomic E-state index is 12.1. The molecular weight excluding hydrogens is 192 g/mol. The van der Waals surface area contributed by atoms with Crippen LogP contribution in [0.5, 0.6) is 0 Å². The van der Waals surface area contributed by atoms with Crippen LogP contribution in [-0.2, 0) is 4.79 Å². The Morgan fingerprint density at radius 2 is 2.07 bits per heavy atom. The number of piperazine rings is 1. The van der Waals surface area contributed by atoms with Crippen molar-refractivity contribution in [1.29, 1.82) is 0 Å². The van der Waals surface area contributed by atoms with Gasteiger partial charge in [0.25, 0.3) is 0 Å². The molecule has 1 amide bonds. The zero-order valence-electron chi connectivity index (χ0n) is 8.90. The Hall–Kier alpha value is -1.49. The van der Waals surface area contributed by atoms with E-state index >= 15 is 0 Å². The molecular formula is C10H14N4O. The predicted octanol–water partition coefficient (Wildman–Crippen LogP) is 0.191. The zero-order chi connectivity index (χ0) is 10.9. The van der Waals surface area contributed by atoms with E-state index < -0.39 is 5.54 Å². The van der Waals surface area contributed by atoms with Gasteiger partial charge in [-0.05, 0) is 13.8 Å². The lowest BCUT2D eigenvalue weighted by Crippen LogP contribution is -2.61. The Kier molecular flexibility index (Phi) is 2.40. The summed E-state index contributed by atoms with van der Waals surface area (Å²) in [6.45, 7) is 5.21. The molecule has 2 heterocycles. The molecule has 1 aromatic heterocycles. The molecule has 0 bridgehead atoms. The fourth-order valence-electron chi connectivity index (χ4n) is 1.67. The van der Waals surface area contributed by atoms with Crippen LogP contribution < -0.4 is 10.2 Å². The third-order valence-corrected chi connectivity index (χ3v) is 2.54. The molecule has 2 rings (SSSR count). The highest BCUT2D eigenvalue weighted by Gasteiger charge is 2.35. The largest absolute Gasteiger partial charge is 0.307 e. The third kappa shape index (κ3) is 1.83. The maximum Gasteiger partial charge on any atom is 0.246 e. The molecule has 5 heteroatoms. The van der Waals surface area contributed by atoms with Gasteiger partial charge < -0.3 is 10.2 Å². The first-order valence-electron chi connectivity index (χ1n) is 4.93. The molecule has 15 heavy (non-hydrogen) atoms. The van der Waals surface area contributed by atoms with Gasteiger partial charge in [-0.2, -0.15) is 0 Å². The minimum absolute atomic E-state index is 0.0588. The Morgan fingerprint density at radius 1 is 1.40 bits per heavy atom. The van der Waals surface area contributed by atoms with Crippen molar-refractivity contribution in [3.8, 4) is 0 Å². The van der Waals surface area contributed by atoms with Crippen LogP contribution in [-0.4, -0.2) is 34.5 Å². The van der Waals surface area contributed by atoms with Gasteiger partial charge in [0, 0.05) is 13.1 Å². The van der Waals surface area contributed by atoms with E-state index in [1.54, 1.807) is 17.3 Å². The van der Waals surface area contributed by atoms with Gasteiger partial charge in [0.2, 0.25) is 5.91 Å². The Labute approximate surface area is 88.5 Å². The first kappa shape index (κ1) is 10.0. The van der Waals surface area contributed by atoms with Crippen molar-refractivity contribution in [3.05, 3.63) is 18.7 Å². The van der Waals surface area contributed by atoms with Gasteiger partial charge in [0.15, 0.2) is 0 Å². The molecule has 5 nitrogen and oxygen atoms in total. The highest BCUT2D eigenvalue weighted by atomic mass is 16.2. The van der Waals surface area contributed by atoms with Crippen LogP contribution in [0.1, 0.15) is 13.8 Å². The standard InChI is InChI=1S/C10H14N4O/c1-10(2)9(15)14(4-3-13-10)8-5-11-7-12-6-8/h5-7,13H,3-4H2,1-2H3. The smallest absolute Gasteiger partial charge is 0.246 e. The van der Waals surface area contributed by atoms with Crippen LogP contribution in [0.15, 0.2) is 18.7 Å². The summed E-state index contributed by atoms with van der Waals surface area (Å²) >= 11 is 0. The number of hydrogen-bond donors (Lipinski definition) is 1. The average Bonchev–Trinajstić information content (AvgIpc) is 2.23. The molecule has 1 aromatic rings. The molecule has 0 radical (unpaired) electrons. The van der Waals surface area contributed by atoms with Crippen molar-refractivity contribution in [2.75, 3.05) is 18.0 Å². The summed E-state index contributed by atoms with van der Waals surface area (Å²) in [4.78, 5) is 21.6. The summed E-state index contributed by atoms with van der Waals surface area (Å²) in [5, 5.41) is 3.18. The average molecular weight is 206 g/mol. The van der Waals surface area contributed by atoms with E-state index in [0.29, 0.717) is 6.54 Å². The first-order valence-corrected chi connectivity index (χ1v) is 4.93. The van der Waals surface area contributed by atoms with Crippen molar-refractivity contribution in [2.45, 2.75) is 19.4 Å². The lowest BCUT2D eigenvalue weighted by Gasteiger charge is -2.37. The number of hydrogen-bond acceptors (Lipinski definition) is 4. The van der Waals surface area contributed by atoms with Crippen molar-refractivity contribution in [3.63, 3.8) is 0 Å². The highest BCUT2D eigenvalue weighted by molar-refractivity contribution is 6.00. The number of aromatic nitrogens is 2. The summed E-state index contributed by atoms with van der Waals surface area (Å²) < 4.78 is 0. The number of nitrogens with one attached hydrogen (secondary N) is 1. The molecule has 0 unspecified atom stereocenters. The number of amides is 1. The molecule has 1 N–H and O–H groups in total. The maximum atomic E-state index is 12.1. The fourth-order valence-corrected chi connectivity index (χ4v) is 1.67. The minimum Gasteiger partial charge on any atom is -0.307 e. The van der Waals surface area contributed by atoms with Crippen LogP contribution in [0.4, 0.5) is 5.69 Å². The fraction of sp³-hybridized carbons (Fsp3) is 0.500. The quantitative estimate of drug-likeness (QED) is 0.712. The normalized spacial score (nSPS) is 20.4. The Balaban J connectivity index is 2.27. The lowest BCUT2D eigenvalue weighted by molar-refractivity contribution is -0.124. The number of rotatable bonds is 1. The second-order valence-electron chi connectivity index (χ2n) is 4.11. The van der Waals surface area contributed by atoms with E-state index in [1.165, 1.54) is 6.33 Å². The van der Waals surface area contributed by atoms with E-state index in [0.717, 1.165) is 12.2 Å². The van der Waals surface area contributed by atoms with Crippen LogP contribution >= 0.6 is 0 Å². The van der Waals surface area contributed by atoms with Crippen molar-refractivity contribution in [1.82, 2.24) is 15.3 Å².